The third-order valence-corrected chi connectivity index (χ3v) is 1.80. The van der Waals surface area contributed by atoms with E-state index in [1.165, 1.54) is 6.92 Å². The zero-order valence-electron chi connectivity index (χ0n) is 6.92. The van der Waals surface area contributed by atoms with Crippen molar-refractivity contribution in [3.8, 4) is 0 Å². The van der Waals surface area contributed by atoms with Crippen LogP contribution in [-0.2, 0) is 4.79 Å². The van der Waals surface area contributed by atoms with Crippen molar-refractivity contribution < 1.29 is 9.90 Å². The number of ketones is 1. The lowest BCUT2D eigenvalue weighted by atomic mass is 9.98. The van der Waals surface area contributed by atoms with Crippen molar-refractivity contribution >= 4 is 5.78 Å². The smallest absolute Gasteiger partial charge is 0.132 e. The Morgan fingerprint density at radius 1 is 1.60 bits per heavy atom. The minimum Gasteiger partial charge on any atom is -0.392 e. The number of carbonyl (C=O) groups excluding carboxylic acids is 1. The van der Waals surface area contributed by atoms with Crippen molar-refractivity contribution in [2.75, 3.05) is 0 Å². The molecular weight excluding hydrogens is 128 g/mol. The molecule has 0 aromatic rings. The van der Waals surface area contributed by atoms with Gasteiger partial charge in [0.1, 0.15) is 5.78 Å². The zero-order valence-corrected chi connectivity index (χ0v) is 6.92. The van der Waals surface area contributed by atoms with Gasteiger partial charge >= 0.3 is 0 Å². The van der Waals surface area contributed by atoms with Gasteiger partial charge in [-0.2, -0.15) is 0 Å². The third kappa shape index (κ3) is 3.62. The summed E-state index contributed by atoms with van der Waals surface area (Å²) in [5.74, 6) is 0.303. The molecule has 10 heavy (non-hydrogen) atoms. The Kier molecular flexibility index (Phi) is 4.28. The van der Waals surface area contributed by atoms with Crippen LogP contribution in [0, 0.1) is 5.92 Å². The topological polar surface area (TPSA) is 37.3 Å². The normalized spacial score (nSPS) is 16.4. The van der Waals surface area contributed by atoms with E-state index >= 15 is 0 Å². The molecule has 0 radical (unpaired) electrons. The van der Waals surface area contributed by atoms with Crippen LogP contribution in [0.5, 0.6) is 0 Å². The van der Waals surface area contributed by atoms with E-state index in [0.717, 1.165) is 6.42 Å². The minimum atomic E-state index is -0.442. The maximum absolute atomic E-state index is 10.5. The highest BCUT2D eigenvalue weighted by molar-refractivity contribution is 5.75. The van der Waals surface area contributed by atoms with E-state index in [0.29, 0.717) is 6.42 Å². The lowest BCUT2D eigenvalue weighted by molar-refractivity contribution is -0.119. The highest BCUT2D eigenvalue weighted by atomic mass is 16.3. The van der Waals surface area contributed by atoms with Gasteiger partial charge in [-0.25, -0.2) is 0 Å². The fraction of sp³-hybridized carbons (Fsp3) is 0.875. The summed E-state index contributed by atoms with van der Waals surface area (Å²) in [6, 6.07) is 0. The van der Waals surface area contributed by atoms with Gasteiger partial charge in [0, 0.05) is 6.42 Å². The summed E-state index contributed by atoms with van der Waals surface area (Å²) in [4.78, 5) is 10.5. The van der Waals surface area contributed by atoms with E-state index in [1.54, 1.807) is 0 Å². The molecule has 60 valence electrons. The van der Waals surface area contributed by atoms with Crippen LogP contribution in [0.2, 0.25) is 0 Å². The van der Waals surface area contributed by atoms with Gasteiger partial charge in [-0.05, 0) is 12.8 Å². The number of aliphatic hydroxyl groups is 1. The summed E-state index contributed by atoms with van der Waals surface area (Å²) in [7, 11) is 0. The quantitative estimate of drug-likeness (QED) is 0.647. The number of hydrogen-bond donors (Lipinski definition) is 1. The van der Waals surface area contributed by atoms with Crippen LogP contribution < -0.4 is 0 Å². The van der Waals surface area contributed by atoms with Gasteiger partial charge in [0.15, 0.2) is 0 Å². The molecule has 0 saturated heterocycles. The van der Waals surface area contributed by atoms with Crippen LogP contribution in [0.1, 0.15) is 33.6 Å². The van der Waals surface area contributed by atoms with Gasteiger partial charge in [-0.1, -0.05) is 20.3 Å². The molecule has 2 nitrogen and oxygen atoms in total. The van der Waals surface area contributed by atoms with Crippen LogP contribution in [0.15, 0.2) is 0 Å². The van der Waals surface area contributed by atoms with E-state index in [2.05, 4.69) is 0 Å². The average Bonchev–Trinajstić information content (AvgIpc) is 1.85. The molecule has 0 fully saturated rings. The van der Waals surface area contributed by atoms with Gasteiger partial charge in [0.05, 0.1) is 6.10 Å². The summed E-state index contributed by atoms with van der Waals surface area (Å²) in [5.41, 5.74) is 0. The van der Waals surface area contributed by atoms with Crippen LogP contribution in [0.3, 0.4) is 0 Å². The number of hydrogen-bond acceptors (Lipinski definition) is 2. The Balaban J connectivity index is 3.61. The Morgan fingerprint density at radius 3 is 2.40 bits per heavy atom. The first kappa shape index (κ1) is 9.63. The van der Waals surface area contributed by atoms with Gasteiger partial charge in [0.25, 0.3) is 0 Å². The Morgan fingerprint density at radius 2 is 2.10 bits per heavy atom. The predicted molar refractivity (Wildman–Crippen MR) is 40.8 cm³/mol. The molecule has 0 spiro atoms. The third-order valence-electron chi connectivity index (χ3n) is 1.80. The molecule has 0 rings (SSSR count). The van der Waals surface area contributed by atoms with Crippen molar-refractivity contribution in [3.05, 3.63) is 0 Å². The Bertz CT molecular complexity index is 110. The second kappa shape index (κ2) is 4.45. The molecule has 1 unspecified atom stereocenters. The molecule has 0 aromatic carbocycles. The monoisotopic (exact) mass is 144 g/mol. The summed E-state index contributed by atoms with van der Waals surface area (Å²) < 4.78 is 0. The molecule has 0 saturated carbocycles. The second-order valence-electron chi connectivity index (χ2n) is 2.86. The van der Waals surface area contributed by atoms with E-state index in [-0.39, 0.29) is 11.7 Å². The molecule has 0 amide bonds. The lowest BCUT2D eigenvalue weighted by Gasteiger charge is -2.14. The maximum atomic E-state index is 10.5. The van der Waals surface area contributed by atoms with E-state index in [1.807, 2.05) is 13.8 Å². The molecule has 0 aromatic heterocycles. The Labute approximate surface area is 62.2 Å². The van der Waals surface area contributed by atoms with E-state index in [4.69, 9.17) is 0 Å². The molecule has 0 aliphatic heterocycles. The summed E-state index contributed by atoms with van der Waals surface area (Å²) in [6.45, 7) is 5.47. The molecule has 0 aliphatic rings. The van der Waals surface area contributed by atoms with Gasteiger partial charge in [-0.15, -0.1) is 0 Å². The van der Waals surface area contributed by atoms with E-state index in [9.17, 15) is 9.90 Å². The fourth-order valence-corrected chi connectivity index (χ4v) is 0.768. The van der Waals surface area contributed by atoms with Crippen LogP contribution in [-0.4, -0.2) is 17.0 Å². The summed E-state index contributed by atoms with van der Waals surface area (Å²) in [5, 5.41) is 9.27. The maximum Gasteiger partial charge on any atom is 0.132 e. The molecule has 0 bridgehead atoms. The SMILES string of the molecule is CCC(C)[C@H](O)CC(C)=O. The van der Waals surface area contributed by atoms with E-state index < -0.39 is 6.10 Å². The number of rotatable bonds is 4. The Hall–Kier alpha value is -0.370. The first-order valence-corrected chi connectivity index (χ1v) is 3.75. The highest BCUT2D eigenvalue weighted by Gasteiger charge is 2.13. The van der Waals surface area contributed by atoms with Gasteiger partial charge in [0.2, 0.25) is 0 Å². The molecule has 0 aliphatic carbocycles. The van der Waals surface area contributed by atoms with Crippen LogP contribution in [0.4, 0.5) is 0 Å². The van der Waals surface area contributed by atoms with Crippen LogP contribution >= 0.6 is 0 Å². The molecule has 1 N–H and O–H groups in total. The fourth-order valence-electron chi connectivity index (χ4n) is 0.768. The van der Waals surface area contributed by atoms with Crippen molar-refractivity contribution in [1.29, 1.82) is 0 Å². The number of carbonyl (C=O) groups is 1. The largest absolute Gasteiger partial charge is 0.392 e. The molecule has 2 heteroatoms. The number of aliphatic hydroxyl groups excluding tert-OH is 1. The summed E-state index contributed by atoms with van der Waals surface area (Å²) in [6.07, 6.45) is 0.784. The minimum absolute atomic E-state index is 0.0628. The zero-order chi connectivity index (χ0) is 8.15. The van der Waals surface area contributed by atoms with Crippen molar-refractivity contribution in [2.24, 2.45) is 5.92 Å². The highest BCUT2D eigenvalue weighted by Crippen LogP contribution is 2.10. The number of Topliss-reactive ketones (excluding diaryl/α,β-unsaturated/α-hetero) is 1. The van der Waals surface area contributed by atoms with Gasteiger partial charge < -0.3 is 5.11 Å². The van der Waals surface area contributed by atoms with Gasteiger partial charge in [-0.3, -0.25) is 4.79 Å². The lowest BCUT2D eigenvalue weighted by Crippen LogP contribution is -2.19. The first-order valence-electron chi connectivity index (χ1n) is 3.75. The van der Waals surface area contributed by atoms with Crippen molar-refractivity contribution in [3.63, 3.8) is 0 Å². The standard InChI is InChI=1S/C8H16O2/c1-4-6(2)8(10)5-7(3)9/h6,8,10H,4-5H2,1-3H3/t6?,8-/m1/s1. The first-order chi connectivity index (χ1) is 4.57. The summed E-state index contributed by atoms with van der Waals surface area (Å²) >= 11 is 0. The predicted octanol–water partition coefficient (Wildman–Crippen LogP) is 1.37. The molecule has 2 atom stereocenters. The van der Waals surface area contributed by atoms with Crippen LogP contribution in [0.25, 0.3) is 0 Å². The van der Waals surface area contributed by atoms with Crippen molar-refractivity contribution in [1.82, 2.24) is 0 Å². The average molecular weight is 144 g/mol. The molecular formula is C8H16O2. The molecule has 0 heterocycles. The second-order valence-corrected chi connectivity index (χ2v) is 2.86. The van der Waals surface area contributed by atoms with Crippen molar-refractivity contribution in [2.45, 2.75) is 39.7 Å².